The van der Waals surface area contributed by atoms with E-state index in [1.54, 1.807) is 9.80 Å². The van der Waals surface area contributed by atoms with Crippen LogP contribution in [0.4, 0.5) is 5.69 Å². The highest BCUT2D eigenvalue weighted by molar-refractivity contribution is 6.01. The third kappa shape index (κ3) is 3.91. The highest BCUT2D eigenvalue weighted by Crippen LogP contribution is 2.37. The zero-order valence-electron chi connectivity index (χ0n) is 17.2. The molecule has 2 atom stereocenters. The second kappa shape index (κ2) is 8.26. The first-order valence-electron chi connectivity index (χ1n) is 10.6. The molecule has 1 fully saturated rings. The molecule has 5 rings (SSSR count). The van der Waals surface area contributed by atoms with E-state index in [0.717, 1.165) is 16.8 Å². The van der Waals surface area contributed by atoms with Crippen LogP contribution in [0.1, 0.15) is 17.5 Å². The van der Waals surface area contributed by atoms with Crippen molar-refractivity contribution < 1.29 is 14.3 Å². The summed E-state index contributed by atoms with van der Waals surface area (Å²) in [6.45, 7) is 0.859. The van der Waals surface area contributed by atoms with Crippen molar-refractivity contribution in [2.24, 2.45) is 0 Å². The third-order valence-electron chi connectivity index (χ3n) is 5.97. The summed E-state index contributed by atoms with van der Waals surface area (Å²) in [5.41, 5.74) is 2.73. The predicted molar refractivity (Wildman–Crippen MR) is 119 cm³/mol. The standard InChI is InChI=1S/C26H24N2O3/c29-25(15-19-9-3-1-4-10-19)27-18-21-16-23(27)26(30)28(17-20-11-5-2-6-12-20)22-13-7-8-14-24(22)31-21/h1-14,21,23H,15-18H2. The Hall–Kier alpha value is -3.60. The van der Waals surface area contributed by atoms with Gasteiger partial charge >= 0.3 is 0 Å². The molecule has 0 radical (unpaired) electrons. The van der Waals surface area contributed by atoms with Gasteiger partial charge in [-0.2, -0.15) is 0 Å². The fourth-order valence-corrected chi connectivity index (χ4v) is 4.45. The number of hydrogen-bond donors (Lipinski definition) is 0. The first kappa shape index (κ1) is 19.4. The molecule has 1 saturated heterocycles. The number of ether oxygens (including phenoxy) is 1. The van der Waals surface area contributed by atoms with Gasteiger partial charge in [0, 0.05) is 6.42 Å². The van der Waals surface area contributed by atoms with Gasteiger partial charge in [-0.1, -0.05) is 72.8 Å². The first-order valence-corrected chi connectivity index (χ1v) is 10.6. The summed E-state index contributed by atoms with van der Waals surface area (Å²) in [7, 11) is 0. The summed E-state index contributed by atoms with van der Waals surface area (Å²) in [4.78, 5) is 30.4. The van der Waals surface area contributed by atoms with E-state index in [2.05, 4.69) is 0 Å². The molecule has 156 valence electrons. The van der Waals surface area contributed by atoms with Crippen LogP contribution in [0.25, 0.3) is 0 Å². The SMILES string of the molecule is O=C1C2CC(CN2C(=O)Cc2ccccc2)Oc2ccccc2N1Cc1ccccc1. The number of amides is 2. The lowest BCUT2D eigenvalue weighted by molar-refractivity contribution is -0.137. The largest absolute Gasteiger partial charge is 0.486 e. The topological polar surface area (TPSA) is 49.9 Å². The van der Waals surface area contributed by atoms with Gasteiger partial charge in [0.2, 0.25) is 11.8 Å². The summed E-state index contributed by atoms with van der Waals surface area (Å²) in [5, 5.41) is 0. The number of carbonyl (C=O) groups excluding carboxylic acids is 2. The second-order valence-electron chi connectivity index (χ2n) is 8.08. The molecule has 2 aliphatic heterocycles. The smallest absolute Gasteiger partial charge is 0.250 e. The number of para-hydroxylation sites is 2. The number of likely N-dealkylation sites (tertiary alicyclic amines) is 1. The number of rotatable bonds is 4. The molecular weight excluding hydrogens is 388 g/mol. The van der Waals surface area contributed by atoms with Gasteiger partial charge in [0.15, 0.2) is 0 Å². The van der Waals surface area contributed by atoms with Crippen molar-refractivity contribution in [3.8, 4) is 5.75 Å². The van der Waals surface area contributed by atoms with E-state index >= 15 is 0 Å². The summed E-state index contributed by atoms with van der Waals surface area (Å²) in [5.74, 6) is 0.595. The highest BCUT2D eigenvalue weighted by Gasteiger charge is 2.44. The molecule has 2 bridgehead atoms. The number of nitrogens with zero attached hydrogens (tertiary/aromatic N) is 2. The maximum absolute atomic E-state index is 13.8. The van der Waals surface area contributed by atoms with Gasteiger partial charge in [0.05, 0.1) is 25.2 Å². The van der Waals surface area contributed by atoms with Crippen LogP contribution >= 0.6 is 0 Å². The van der Waals surface area contributed by atoms with Crippen LogP contribution in [0, 0.1) is 0 Å². The first-order chi connectivity index (χ1) is 15.2. The van der Waals surface area contributed by atoms with Crippen LogP contribution in [0.5, 0.6) is 5.75 Å². The molecule has 0 aromatic heterocycles. The Kier molecular flexibility index (Phi) is 5.16. The Morgan fingerprint density at radius 1 is 0.871 bits per heavy atom. The summed E-state index contributed by atoms with van der Waals surface area (Å²) >= 11 is 0. The van der Waals surface area contributed by atoms with E-state index in [9.17, 15) is 9.59 Å². The number of anilines is 1. The van der Waals surface area contributed by atoms with Crippen molar-refractivity contribution in [2.75, 3.05) is 11.4 Å². The summed E-state index contributed by atoms with van der Waals surface area (Å²) < 4.78 is 6.29. The number of benzene rings is 3. The quantitative estimate of drug-likeness (QED) is 0.655. The molecule has 5 nitrogen and oxygen atoms in total. The van der Waals surface area contributed by atoms with E-state index in [1.165, 1.54) is 0 Å². The van der Waals surface area contributed by atoms with Gasteiger partial charge in [-0.05, 0) is 23.3 Å². The lowest BCUT2D eigenvalue weighted by atomic mass is 10.1. The van der Waals surface area contributed by atoms with Crippen LogP contribution in [0.3, 0.4) is 0 Å². The molecule has 2 heterocycles. The summed E-state index contributed by atoms with van der Waals surface area (Å²) in [6.07, 6.45) is 0.607. The van der Waals surface area contributed by atoms with Gasteiger partial charge in [-0.3, -0.25) is 9.59 Å². The summed E-state index contributed by atoms with van der Waals surface area (Å²) in [6, 6.07) is 26.7. The Bertz CT molecular complexity index is 1080. The maximum Gasteiger partial charge on any atom is 0.250 e. The lowest BCUT2D eigenvalue weighted by Gasteiger charge is -2.32. The highest BCUT2D eigenvalue weighted by atomic mass is 16.5. The van der Waals surface area contributed by atoms with E-state index < -0.39 is 6.04 Å². The van der Waals surface area contributed by atoms with Crippen LogP contribution < -0.4 is 9.64 Å². The van der Waals surface area contributed by atoms with E-state index in [1.807, 2.05) is 84.9 Å². The fraction of sp³-hybridized carbons (Fsp3) is 0.231. The maximum atomic E-state index is 13.8. The van der Waals surface area contributed by atoms with Gasteiger partial charge in [-0.25, -0.2) is 0 Å². The minimum absolute atomic E-state index is 0.0405. The molecule has 2 amide bonds. The second-order valence-corrected chi connectivity index (χ2v) is 8.08. The minimum Gasteiger partial charge on any atom is -0.486 e. The van der Waals surface area contributed by atoms with Crippen molar-refractivity contribution >= 4 is 17.5 Å². The molecule has 3 aromatic carbocycles. The molecule has 0 spiro atoms. The Morgan fingerprint density at radius 2 is 1.52 bits per heavy atom. The normalized spacial score (nSPS) is 19.9. The van der Waals surface area contributed by atoms with Crippen molar-refractivity contribution in [1.82, 2.24) is 4.90 Å². The number of hydrogen-bond acceptors (Lipinski definition) is 3. The molecule has 3 aromatic rings. The Morgan fingerprint density at radius 3 is 2.26 bits per heavy atom. The molecule has 0 saturated carbocycles. The number of fused-ring (bicyclic) bond motifs is 3. The van der Waals surface area contributed by atoms with Crippen LogP contribution in [0.2, 0.25) is 0 Å². The minimum atomic E-state index is -0.515. The molecule has 5 heteroatoms. The van der Waals surface area contributed by atoms with Crippen LogP contribution in [-0.2, 0) is 22.6 Å². The van der Waals surface area contributed by atoms with Gasteiger partial charge < -0.3 is 14.5 Å². The third-order valence-corrected chi connectivity index (χ3v) is 5.97. The zero-order valence-corrected chi connectivity index (χ0v) is 17.2. The predicted octanol–water partition coefficient (Wildman–Crippen LogP) is 3.82. The van der Waals surface area contributed by atoms with Crippen molar-refractivity contribution in [1.29, 1.82) is 0 Å². The van der Waals surface area contributed by atoms with Crippen molar-refractivity contribution in [2.45, 2.75) is 31.5 Å². The molecule has 31 heavy (non-hydrogen) atoms. The average molecular weight is 412 g/mol. The Balaban J connectivity index is 1.47. The molecule has 0 N–H and O–H groups in total. The molecule has 2 aliphatic rings. The van der Waals surface area contributed by atoms with E-state index in [-0.39, 0.29) is 24.3 Å². The molecular formula is C26H24N2O3. The van der Waals surface area contributed by atoms with E-state index in [4.69, 9.17) is 4.74 Å². The van der Waals surface area contributed by atoms with E-state index in [0.29, 0.717) is 25.3 Å². The zero-order chi connectivity index (χ0) is 21.2. The van der Waals surface area contributed by atoms with Crippen molar-refractivity contribution in [3.63, 3.8) is 0 Å². The molecule has 0 aliphatic carbocycles. The van der Waals surface area contributed by atoms with Gasteiger partial charge in [0.1, 0.15) is 17.9 Å². The number of carbonyl (C=O) groups is 2. The monoisotopic (exact) mass is 412 g/mol. The molecule has 2 unspecified atom stereocenters. The Labute approximate surface area is 181 Å². The van der Waals surface area contributed by atoms with Crippen LogP contribution in [0.15, 0.2) is 84.9 Å². The fourth-order valence-electron chi connectivity index (χ4n) is 4.45. The van der Waals surface area contributed by atoms with Crippen molar-refractivity contribution in [3.05, 3.63) is 96.1 Å². The average Bonchev–Trinajstić information content (AvgIpc) is 3.23. The van der Waals surface area contributed by atoms with Crippen LogP contribution in [-0.4, -0.2) is 35.4 Å². The lowest BCUT2D eigenvalue weighted by Crippen LogP contribution is -2.48. The van der Waals surface area contributed by atoms with Gasteiger partial charge in [-0.15, -0.1) is 0 Å². The van der Waals surface area contributed by atoms with Gasteiger partial charge in [0.25, 0.3) is 0 Å².